The molecule has 1 aromatic heterocycles. The van der Waals surface area contributed by atoms with Crippen molar-refractivity contribution in [3.05, 3.63) is 39.9 Å². The summed E-state index contributed by atoms with van der Waals surface area (Å²) in [7, 11) is 1.33. The van der Waals surface area contributed by atoms with Crippen LogP contribution in [0.5, 0.6) is 0 Å². The normalized spacial score (nSPS) is 15.5. The van der Waals surface area contributed by atoms with E-state index in [0.29, 0.717) is 28.8 Å². The minimum atomic E-state index is -0.430. The Hall–Kier alpha value is -2.21. The Kier molecular flexibility index (Phi) is 3.70. The Morgan fingerprint density at radius 1 is 1.38 bits per heavy atom. The average molecular weight is 287 g/mol. The first kappa shape index (κ1) is 13.8. The van der Waals surface area contributed by atoms with Gasteiger partial charge in [-0.25, -0.2) is 9.78 Å². The number of aromatic amines is 1. The molecule has 1 aliphatic heterocycles. The smallest absolute Gasteiger partial charge is 0.337 e. The minimum Gasteiger partial charge on any atom is -0.465 e. The molecule has 0 saturated carbocycles. The van der Waals surface area contributed by atoms with Crippen molar-refractivity contribution in [1.29, 1.82) is 0 Å². The van der Waals surface area contributed by atoms with E-state index in [4.69, 9.17) is 4.74 Å². The van der Waals surface area contributed by atoms with Crippen molar-refractivity contribution >= 4 is 16.9 Å². The van der Waals surface area contributed by atoms with Gasteiger partial charge in [-0.05, 0) is 44.1 Å². The van der Waals surface area contributed by atoms with Gasteiger partial charge in [-0.1, -0.05) is 0 Å². The second-order valence-electron chi connectivity index (χ2n) is 5.22. The molecule has 1 saturated heterocycles. The van der Waals surface area contributed by atoms with E-state index < -0.39 is 5.97 Å². The number of hydrogen-bond acceptors (Lipinski definition) is 5. The van der Waals surface area contributed by atoms with Crippen LogP contribution >= 0.6 is 0 Å². The quantitative estimate of drug-likeness (QED) is 0.861. The number of nitrogens with one attached hydrogen (secondary N) is 1. The average Bonchev–Trinajstić information content (AvgIpc) is 2.98. The van der Waals surface area contributed by atoms with Crippen LogP contribution in [0.2, 0.25) is 0 Å². The van der Waals surface area contributed by atoms with Gasteiger partial charge in [0.1, 0.15) is 5.82 Å². The number of ether oxygens (including phenoxy) is 1. The zero-order chi connectivity index (χ0) is 14.8. The van der Waals surface area contributed by atoms with Gasteiger partial charge in [0.05, 0.1) is 30.1 Å². The van der Waals surface area contributed by atoms with Crippen LogP contribution in [0, 0.1) is 0 Å². The lowest BCUT2D eigenvalue weighted by atomic mass is 10.1. The molecule has 1 fully saturated rings. The number of methoxy groups -OCH3 is 1. The summed E-state index contributed by atoms with van der Waals surface area (Å²) in [6, 6.07) is 4.78. The molecular formula is C15H17N3O3. The first-order valence-corrected chi connectivity index (χ1v) is 7.01. The number of fused-ring (bicyclic) bond motifs is 1. The van der Waals surface area contributed by atoms with Crippen LogP contribution in [-0.2, 0) is 11.3 Å². The maximum Gasteiger partial charge on any atom is 0.337 e. The van der Waals surface area contributed by atoms with Gasteiger partial charge in [0, 0.05) is 0 Å². The number of carbonyl (C=O) groups is 1. The highest BCUT2D eigenvalue weighted by molar-refractivity contribution is 5.93. The molecule has 1 aliphatic rings. The van der Waals surface area contributed by atoms with E-state index in [0.717, 1.165) is 13.1 Å². The fourth-order valence-electron chi connectivity index (χ4n) is 2.66. The zero-order valence-electron chi connectivity index (χ0n) is 11.9. The first-order valence-electron chi connectivity index (χ1n) is 7.01. The highest BCUT2D eigenvalue weighted by atomic mass is 16.5. The monoisotopic (exact) mass is 287 g/mol. The summed E-state index contributed by atoms with van der Waals surface area (Å²) in [4.78, 5) is 33.2. The molecule has 21 heavy (non-hydrogen) atoms. The van der Waals surface area contributed by atoms with Crippen molar-refractivity contribution in [2.75, 3.05) is 20.2 Å². The number of H-pyrrole nitrogens is 1. The first-order chi connectivity index (χ1) is 10.2. The number of aromatic nitrogens is 2. The third-order valence-electron chi connectivity index (χ3n) is 3.75. The second kappa shape index (κ2) is 5.65. The van der Waals surface area contributed by atoms with E-state index in [-0.39, 0.29) is 5.56 Å². The van der Waals surface area contributed by atoms with E-state index in [1.807, 2.05) is 0 Å². The van der Waals surface area contributed by atoms with E-state index in [1.54, 1.807) is 18.2 Å². The summed E-state index contributed by atoms with van der Waals surface area (Å²) in [5.74, 6) is 0.205. The van der Waals surface area contributed by atoms with Gasteiger partial charge >= 0.3 is 5.97 Å². The van der Waals surface area contributed by atoms with Gasteiger partial charge in [-0.2, -0.15) is 0 Å². The Labute approximate surface area is 121 Å². The molecule has 1 aromatic carbocycles. The summed E-state index contributed by atoms with van der Waals surface area (Å²) in [6.07, 6.45) is 2.37. The highest BCUT2D eigenvalue weighted by Gasteiger charge is 2.14. The standard InChI is InChI=1S/C15H17N3O3/c1-21-15(20)10-4-5-11-12(8-10)16-13(17-14(11)19)9-18-6-2-3-7-18/h4-5,8H,2-3,6-7,9H2,1H3,(H,16,17,19). The Morgan fingerprint density at radius 2 is 2.14 bits per heavy atom. The van der Waals surface area contributed by atoms with Crippen molar-refractivity contribution in [1.82, 2.24) is 14.9 Å². The van der Waals surface area contributed by atoms with E-state index >= 15 is 0 Å². The summed E-state index contributed by atoms with van der Waals surface area (Å²) < 4.78 is 4.69. The lowest BCUT2D eigenvalue weighted by Gasteiger charge is -2.13. The summed E-state index contributed by atoms with van der Waals surface area (Å²) in [5.41, 5.74) is 0.747. The fraction of sp³-hybridized carbons (Fsp3) is 0.400. The molecule has 3 rings (SSSR count). The van der Waals surface area contributed by atoms with Gasteiger partial charge in [-0.3, -0.25) is 9.69 Å². The summed E-state index contributed by atoms with van der Waals surface area (Å²) in [5, 5.41) is 0.479. The third kappa shape index (κ3) is 2.80. The van der Waals surface area contributed by atoms with Crippen LogP contribution in [-0.4, -0.2) is 41.0 Å². The zero-order valence-corrected chi connectivity index (χ0v) is 11.9. The molecule has 0 bridgehead atoms. The Bertz CT molecular complexity index is 733. The lowest BCUT2D eigenvalue weighted by Crippen LogP contribution is -2.22. The van der Waals surface area contributed by atoms with Gasteiger partial charge < -0.3 is 9.72 Å². The number of esters is 1. The molecule has 0 atom stereocenters. The molecule has 0 amide bonds. The molecule has 6 heteroatoms. The van der Waals surface area contributed by atoms with E-state index in [2.05, 4.69) is 14.9 Å². The van der Waals surface area contributed by atoms with Crippen LogP contribution in [0.4, 0.5) is 0 Å². The molecule has 0 unspecified atom stereocenters. The molecular weight excluding hydrogens is 270 g/mol. The van der Waals surface area contributed by atoms with Gasteiger partial charge in [0.15, 0.2) is 0 Å². The van der Waals surface area contributed by atoms with Crippen molar-refractivity contribution in [3.63, 3.8) is 0 Å². The highest BCUT2D eigenvalue weighted by Crippen LogP contribution is 2.14. The number of likely N-dealkylation sites (tertiary alicyclic amines) is 1. The third-order valence-corrected chi connectivity index (χ3v) is 3.75. The number of hydrogen-bond donors (Lipinski definition) is 1. The topological polar surface area (TPSA) is 75.3 Å². The maximum atomic E-state index is 12.1. The fourth-order valence-corrected chi connectivity index (χ4v) is 2.66. The van der Waals surface area contributed by atoms with Crippen molar-refractivity contribution in [3.8, 4) is 0 Å². The SMILES string of the molecule is COC(=O)c1ccc2c(=O)[nH]c(CN3CCCC3)nc2c1. The van der Waals surface area contributed by atoms with Gasteiger partial charge in [0.2, 0.25) is 0 Å². The minimum absolute atomic E-state index is 0.175. The molecule has 6 nitrogen and oxygen atoms in total. The number of carbonyl (C=O) groups excluding carboxylic acids is 1. The van der Waals surface area contributed by atoms with Crippen LogP contribution in [0.15, 0.2) is 23.0 Å². The van der Waals surface area contributed by atoms with Gasteiger partial charge in [0.25, 0.3) is 5.56 Å². The predicted molar refractivity (Wildman–Crippen MR) is 78.2 cm³/mol. The number of nitrogens with zero attached hydrogens (tertiary/aromatic N) is 2. The molecule has 0 radical (unpaired) electrons. The van der Waals surface area contributed by atoms with Crippen LogP contribution in [0.3, 0.4) is 0 Å². The van der Waals surface area contributed by atoms with Crippen LogP contribution < -0.4 is 5.56 Å². The van der Waals surface area contributed by atoms with Crippen LogP contribution in [0.1, 0.15) is 29.0 Å². The Balaban J connectivity index is 1.99. The molecule has 2 heterocycles. The van der Waals surface area contributed by atoms with Crippen molar-refractivity contribution < 1.29 is 9.53 Å². The molecule has 0 aliphatic carbocycles. The van der Waals surface area contributed by atoms with E-state index in [9.17, 15) is 9.59 Å². The van der Waals surface area contributed by atoms with Crippen molar-refractivity contribution in [2.24, 2.45) is 0 Å². The maximum absolute atomic E-state index is 12.1. The number of benzene rings is 1. The van der Waals surface area contributed by atoms with Gasteiger partial charge in [-0.15, -0.1) is 0 Å². The molecule has 2 aromatic rings. The second-order valence-corrected chi connectivity index (χ2v) is 5.22. The predicted octanol–water partition coefficient (Wildman–Crippen LogP) is 1.31. The molecule has 1 N–H and O–H groups in total. The van der Waals surface area contributed by atoms with Crippen molar-refractivity contribution in [2.45, 2.75) is 19.4 Å². The molecule has 110 valence electrons. The number of rotatable bonds is 3. The lowest BCUT2D eigenvalue weighted by molar-refractivity contribution is 0.0601. The Morgan fingerprint density at radius 3 is 2.86 bits per heavy atom. The summed E-state index contributed by atoms with van der Waals surface area (Å²) in [6.45, 7) is 2.70. The largest absolute Gasteiger partial charge is 0.465 e. The molecule has 0 spiro atoms. The van der Waals surface area contributed by atoms with E-state index in [1.165, 1.54) is 20.0 Å². The van der Waals surface area contributed by atoms with Crippen LogP contribution in [0.25, 0.3) is 10.9 Å². The summed E-state index contributed by atoms with van der Waals surface area (Å²) >= 11 is 0.